The minimum absolute atomic E-state index is 0.145. The molecule has 1 heterocycles. The second kappa shape index (κ2) is 10.4. The van der Waals surface area contributed by atoms with Crippen LogP contribution < -0.4 is 16.0 Å². The Morgan fingerprint density at radius 1 is 1.00 bits per heavy atom. The van der Waals surface area contributed by atoms with Crippen molar-refractivity contribution in [1.82, 2.24) is 14.9 Å². The first-order valence-corrected chi connectivity index (χ1v) is 12.6. The van der Waals surface area contributed by atoms with Gasteiger partial charge in [-0.15, -0.1) is 0 Å². The van der Waals surface area contributed by atoms with Crippen LogP contribution in [0.4, 0.5) is 5.69 Å². The van der Waals surface area contributed by atoms with Crippen LogP contribution in [0.1, 0.15) is 52.4 Å². The molecule has 0 unspecified atom stereocenters. The van der Waals surface area contributed by atoms with Gasteiger partial charge in [0.15, 0.2) is 0 Å². The third-order valence-corrected chi connectivity index (χ3v) is 8.00. The Kier molecular flexibility index (Phi) is 7.89. The minimum atomic E-state index is -3.68. The highest BCUT2D eigenvalue weighted by Gasteiger charge is 2.33. The van der Waals surface area contributed by atoms with E-state index in [4.69, 9.17) is 0 Å². The standard InChI is InChI=1S/C22H32N4O5S/c1-15(21(28)25-18-5-3-4-6-18)23-22(29)17-11-13-26(14-12-17)32(30,31)20-9-7-19(8-10-20)24-16(2)27/h7-10,15,17-18H,3-6,11-14H2,1-2H3,(H,23,29)(H,24,27)(H,25,28)/t15-/m0/s1. The molecule has 1 saturated carbocycles. The van der Waals surface area contributed by atoms with Crippen LogP contribution in [0, 0.1) is 5.92 Å². The van der Waals surface area contributed by atoms with E-state index in [0.29, 0.717) is 18.5 Å². The zero-order valence-corrected chi connectivity index (χ0v) is 19.4. The van der Waals surface area contributed by atoms with Gasteiger partial charge in [-0.1, -0.05) is 12.8 Å². The summed E-state index contributed by atoms with van der Waals surface area (Å²) in [6.07, 6.45) is 4.99. The number of benzene rings is 1. The van der Waals surface area contributed by atoms with Crippen molar-refractivity contribution in [1.29, 1.82) is 0 Å². The molecule has 3 N–H and O–H groups in total. The van der Waals surface area contributed by atoms with E-state index in [1.807, 2.05) is 0 Å². The highest BCUT2D eigenvalue weighted by atomic mass is 32.2. The van der Waals surface area contributed by atoms with Crippen LogP contribution in [-0.4, -0.2) is 55.6 Å². The molecule has 2 fully saturated rings. The van der Waals surface area contributed by atoms with E-state index in [0.717, 1.165) is 25.7 Å². The van der Waals surface area contributed by atoms with Crippen LogP contribution in [0.5, 0.6) is 0 Å². The third kappa shape index (κ3) is 6.07. The Labute approximate surface area is 189 Å². The summed E-state index contributed by atoms with van der Waals surface area (Å²) in [6, 6.07) is 5.60. The molecule has 0 bridgehead atoms. The van der Waals surface area contributed by atoms with Gasteiger partial charge in [-0.25, -0.2) is 8.42 Å². The van der Waals surface area contributed by atoms with Crippen molar-refractivity contribution in [3.63, 3.8) is 0 Å². The van der Waals surface area contributed by atoms with Crippen LogP contribution in [0.2, 0.25) is 0 Å². The average Bonchev–Trinajstić information content (AvgIpc) is 3.26. The van der Waals surface area contributed by atoms with Crippen LogP contribution in [-0.2, 0) is 24.4 Å². The van der Waals surface area contributed by atoms with Gasteiger partial charge in [-0.2, -0.15) is 4.31 Å². The lowest BCUT2D eigenvalue weighted by Gasteiger charge is -2.31. The molecule has 9 nitrogen and oxygen atoms in total. The van der Waals surface area contributed by atoms with Crippen LogP contribution in [0.25, 0.3) is 0 Å². The van der Waals surface area contributed by atoms with Crippen molar-refractivity contribution in [2.24, 2.45) is 5.92 Å². The first-order chi connectivity index (χ1) is 15.2. The zero-order chi connectivity index (χ0) is 23.3. The maximum absolute atomic E-state index is 12.9. The van der Waals surface area contributed by atoms with Crippen LogP contribution in [0.15, 0.2) is 29.2 Å². The third-order valence-electron chi connectivity index (χ3n) is 6.09. The van der Waals surface area contributed by atoms with Gasteiger partial charge in [-0.05, 0) is 56.9 Å². The SMILES string of the molecule is CC(=O)Nc1ccc(S(=O)(=O)N2CCC(C(=O)N[C@@H](C)C(=O)NC3CCCC3)CC2)cc1. The fourth-order valence-electron chi connectivity index (χ4n) is 4.21. The van der Waals surface area contributed by atoms with E-state index >= 15 is 0 Å². The smallest absolute Gasteiger partial charge is 0.243 e. The number of nitrogens with zero attached hydrogens (tertiary/aromatic N) is 1. The zero-order valence-electron chi connectivity index (χ0n) is 18.6. The first-order valence-electron chi connectivity index (χ1n) is 11.2. The highest BCUT2D eigenvalue weighted by molar-refractivity contribution is 7.89. The maximum Gasteiger partial charge on any atom is 0.243 e. The number of hydrogen-bond donors (Lipinski definition) is 3. The molecular formula is C22H32N4O5S. The monoisotopic (exact) mass is 464 g/mol. The summed E-state index contributed by atoms with van der Waals surface area (Å²) in [6.45, 7) is 3.52. The van der Waals surface area contributed by atoms with E-state index in [1.165, 1.54) is 23.4 Å². The van der Waals surface area contributed by atoms with Gasteiger partial charge >= 0.3 is 0 Å². The lowest BCUT2D eigenvalue weighted by atomic mass is 9.97. The molecule has 2 aliphatic rings. The molecule has 1 aromatic carbocycles. The van der Waals surface area contributed by atoms with Gasteiger partial charge in [0, 0.05) is 37.7 Å². The van der Waals surface area contributed by atoms with Crippen molar-refractivity contribution in [3.8, 4) is 0 Å². The summed E-state index contributed by atoms with van der Waals surface area (Å²) in [5.74, 6) is -0.944. The molecule has 32 heavy (non-hydrogen) atoms. The van der Waals surface area contributed by atoms with Crippen molar-refractivity contribution >= 4 is 33.4 Å². The highest BCUT2D eigenvalue weighted by Crippen LogP contribution is 2.25. The molecule has 3 rings (SSSR count). The van der Waals surface area contributed by atoms with Gasteiger partial charge in [-0.3, -0.25) is 14.4 Å². The molecule has 1 aromatic rings. The summed E-state index contributed by atoms with van der Waals surface area (Å²) in [5.41, 5.74) is 0.526. The second-order valence-corrected chi connectivity index (χ2v) is 10.5. The molecule has 0 spiro atoms. The van der Waals surface area contributed by atoms with Crippen molar-refractivity contribution in [2.75, 3.05) is 18.4 Å². The van der Waals surface area contributed by atoms with Gasteiger partial charge < -0.3 is 16.0 Å². The summed E-state index contributed by atoms with van der Waals surface area (Å²) in [5, 5.41) is 8.36. The average molecular weight is 465 g/mol. The fourth-order valence-corrected chi connectivity index (χ4v) is 5.68. The van der Waals surface area contributed by atoms with Crippen LogP contribution >= 0.6 is 0 Å². The Bertz CT molecular complexity index is 934. The minimum Gasteiger partial charge on any atom is -0.352 e. The van der Waals surface area contributed by atoms with E-state index < -0.39 is 16.1 Å². The summed E-state index contributed by atoms with van der Waals surface area (Å²) >= 11 is 0. The summed E-state index contributed by atoms with van der Waals surface area (Å²) < 4.78 is 27.2. The van der Waals surface area contributed by atoms with E-state index in [9.17, 15) is 22.8 Å². The molecule has 0 radical (unpaired) electrons. The maximum atomic E-state index is 12.9. The molecule has 3 amide bonds. The van der Waals surface area contributed by atoms with Gasteiger partial charge in [0.2, 0.25) is 27.7 Å². The van der Waals surface area contributed by atoms with Crippen molar-refractivity contribution in [2.45, 2.75) is 69.4 Å². The number of sulfonamides is 1. The van der Waals surface area contributed by atoms with Gasteiger partial charge in [0.1, 0.15) is 6.04 Å². The molecule has 0 aromatic heterocycles. The molecule has 176 valence electrons. The Hall–Kier alpha value is -2.46. The van der Waals surface area contributed by atoms with Gasteiger partial charge in [0.05, 0.1) is 4.90 Å². The lowest BCUT2D eigenvalue weighted by molar-refractivity contribution is -0.131. The number of hydrogen-bond acceptors (Lipinski definition) is 5. The largest absolute Gasteiger partial charge is 0.352 e. The molecule has 1 saturated heterocycles. The van der Waals surface area contributed by atoms with E-state index in [1.54, 1.807) is 19.1 Å². The number of piperidine rings is 1. The number of carbonyl (C=O) groups is 3. The molecule has 1 aliphatic heterocycles. The number of anilines is 1. The quantitative estimate of drug-likeness (QED) is 0.565. The Morgan fingerprint density at radius 3 is 2.16 bits per heavy atom. The predicted molar refractivity (Wildman–Crippen MR) is 120 cm³/mol. The summed E-state index contributed by atoms with van der Waals surface area (Å²) in [4.78, 5) is 36.2. The summed E-state index contributed by atoms with van der Waals surface area (Å²) in [7, 11) is -3.68. The predicted octanol–water partition coefficient (Wildman–Crippen LogP) is 1.61. The second-order valence-electron chi connectivity index (χ2n) is 8.60. The van der Waals surface area contributed by atoms with Gasteiger partial charge in [0.25, 0.3) is 0 Å². The topological polar surface area (TPSA) is 125 Å². The van der Waals surface area contributed by atoms with Crippen molar-refractivity contribution in [3.05, 3.63) is 24.3 Å². The first kappa shape index (κ1) is 24.2. The molecular weight excluding hydrogens is 432 g/mol. The van der Waals surface area contributed by atoms with E-state index in [2.05, 4.69) is 16.0 Å². The number of rotatable bonds is 7. The van der Waals surface area contributed by atoms with E-state index in [-0.39, 0.29) is 47.7 Å². The van der Waals surface area contributed by atoms with Crippen LogP contribution in [0.3, 0.4) is 0 Å². The fraction of sp³-hybridized carbons (Fsp3) is 0.591. The molecule has 1 aliphatic carbocycles. The Morgan fingerprint density at radius 2 is 1.59 bits per heavy atom. The molecule has 10 heteroatoms. The lowest BCUT2D eigenvalue weighted by Crippen LogP contribution is -2.50. The normalized spacial score (nSPS) is 19.3. The number of carbonyl (C=O) groups excluding carboxylic acids is 3. The number of nitrogens with one attached hydrogen (secondary N) is 3. The number of amides is 3. The van der Waals surface area contributed by atoms with Crippen molar-refractivity contribution < 1.29 is 22.8 Å². The Balaban J connectivity index is 1.50. The molecule has 1 atom stereocenters.